The van der Waals surface area contributed by atoms with Gasteiger partial charge < -0.3 is 13.9 Å². The molecule has 0 spiro atoms. The molecule has 3 nitrogen and oxygen atoms in total. The van der Waals surface area contributed by atoms with Crippen LogP contribution < -0.4 is 4.90 Å². The van der Waals surface area contributed by atoms with Gasteiger partial charge in [0.2, 0.25) is 0 Å². The summed E-state index contributed by atoms with van der Waals surface area (Å²) in [6, 6.07) is 87.2. The van der Waals surface area contributed by atoms with Crippen LogP contribution in [0.4, 0.5) is 17.1 Å². The molecule has 0 unspecified atom stereocenters. The molecule has 63 heavy (non-hydrogen) atoms. The van der Waals surface area contributed by atoms with Gasteiger partial charge in [-0.2, -0.15) is 0 Å². The first kappa shape index (κ1) is 36.5. The van der Waals surface area contributed by atoms with Crippen molar-refractivity contribution in [2.75, 3.05) is 4.90 Å². The van der Waals surface area contributed by atoms with E-state index in [9.17, 15) is 0 Å². The fourth-order valence-electron chi connectivity index (χ4n) is 9.26. The van der Waals surface area contributed by atoms with Gasteiger partial charge in [-0.3, -0.25) is 0 Å². The van der Waals surface area contributed by atoms with Crippen LogP contribution in [0.2, 0.25) is 0 Å². The number of nitrogens with zero attached hydrogens (tertiary/aromatic N) is 2. The maximum Gasteiger partial charge on any atom is 0.135 e. The number of rotatable bonds is 8. The van der Waals surface area contributed by atoms with E-state index in [2.05, 4.69) is 240 Å². The Labute approximate surface area is 366 Å². The van der Waals surface area contributed by atoms with Crippen molar-refractivity contribution in [3.05, 3.63) is 243 Å². The minimum absolute atomic E-state index is 0.904. The number of furan rings is 1. The third kappa shape index (κ3) is 6.55. The second-order valence-electron chi connectivity index (χ2n) is 16.2. The molecule has 3 heteroatoms. The monoisotopic (exact) mass is 804 g/mol. The molecule has 2 heterocycles. The Balaban J connectivity index is 0.932. The lowest BCUT2D eigenvalue weighted by molar-refractivity contribution is 0.669. The van der Waals surface area contributed by atoms with Crippen LogP contribution in [-0.4, -0.2) is 4.57 Å². The lowest BCUT2D eigenvalue weighted by atomic mass is 10.00. The van der Waals surface area contributed by atoms with E-state index in [1.54, 1.807) is 0 Å². The standard InChI is InChI=1S/C60H40N2O/c1-4-12-41(13-5-1)43-20-29-50(30-21-43)61(52-33-24-45(25-34-52)48-28-37-60-56(40-48)53-18-10-11-19-59(53)63-60)51-31-22-44(23-32-51)47-27-36-58-55(39-47)54-38-46(42-14-6-2-7-15-42)26-35-57(54)62(58)49-16-8-3-9-17-49/h1-40H. The minimum Gasteiger partial charge on any atom is -0.456 e. The van der Waals surface area contributed by atoms with Crippen molar-refractivity contribution in [1.29, 1.82) is 0 Å². The summed E-state index contributed by atoms with van der Waals surface area (Å²) in [7, 11) is 0. The first-order chi connectivity index (χ1) is 31.2. The predicted molar refractivity (Wildman–Crippen MR) is 264 cm³/mol. The predicted octanol–water partition coefficient (Wildman–Crippen LogP) is 16.8. The molecule has 10 aromatic carbocycles. The zero-order valence-corrected chi connectivity index (χ0v) is 34.4. The second-order valence-corrected chi connectivity index (χ2v) is 16.2. The average Bonchev–Trinajstić information content (AvgIpc) is 3.90. The Kier molecular flexibility index (Phi) is 8.83. The van der Waals surface area contributed by atoms with Gasteiger partial charge >= 0.3 is 0 Å². The van der Waals surface area contributed by atoms with Crippen LogP contribution in [0.25, 0.3) is 93.9 Å². The van der Waals surface area contributed by atoms with Crippen molar-refractivity contribution in [3.8, 4) is 50.2 Å². The lowest BCUT2D eigenvalue weighted by Crippen LogP contribution is -2.09. The van der Waals surface area contributed by atoms with Crippen LogP contribution in [0.15, 0.2) is 247 Å². The van der Waals surface area contributed by atoms with Crippen molar-refractivity contribution < 1.29 is 4.42 Å². The molecule has 296 valence electrons. The Bertz CT molecular complexity index is 3570. The molecule has 0 amide bonds. The summed E-state index contributed by atoms with van der Waals surface area (Å²) in [5.74, 6) is 0. The van der Waals surface area contributed by atoms with Crippen LogP contribution in [0, 0.1) is 0 Å². The molecule has 2 aromatic heterocycles. The molecule has 0 aliphatic heterocycles. The number of hydrogen-bond acceptors (Lipinski definition) is 2. The van der Waals surface area contributed by atoms with Crippen LogP contribution in [0.1, 0.15) is 0 Å². The molecule has 0 bridgehead atoms. The molecule has 0 atom stereocenters. The third-order valence-electron chi connectivity index (χ3n) is 12.4. The van der Waals surface area contributed by atoms with E-state index in [4.69, 9.17) is 4.42 Å². The van der Waals surface area contributed by atoms with Crippen LogP contribution in [-0.2, 0) is 0 Å². The van der Waals surface area contributed by atoms with Crippen molar-refractivity contribution in [2.45, 2.75) is 0 Å². The number of fused-ring (bicyclic) bond motifs is 6. The van der Waals surface area contributed by atoms with Gasteiger partial charge in [0.15, 0.2) is 0 Å². The van der Waals surface area contributed by atoms with E-state index in [-0.39, 0.29) is 0 Å². The van der Waals surface area contributed by atoms with Gasteiger partial charge in [-0.25, -0.2) is 0 Å². The molecular formula is C60H40N2O. The van der Waals surface area contributed by atoms with Gasteiger partial charge in [0.25, 0.3) is 0 Å². The first-order valence-corrected chi connectivity index (χ1v) is 21.5. The molecule has 12 aromatic rings. The Morgan fingerprint density at radius 3 is 1.16 bits per heavy atom. The van der Waals surface area contributed by atoms with Crippen LogP contribution >= 0.6 is 0 Å². The first-order valence-electron chi connectivity index (χ1n) is 21.5. The largest absolute Gasteiger partial charge is 0.456 e. The van der Waals surface area contributed by atoms with Crippen LogP contribution in [0.5, 0.6) is 0 Å². The van der Waals surface area contributed by atoms with E-state index in [1.165, 1.54) is 49.6 Å². The van der Waals surface area contributed by atoms with Gasteiger partial charge in [0, 0.05) is 44.3 Å². The van der Waals surface area contributed by atoms with Gasteiger partial charge in [-0.15, -0.1) is 0 Å². The summed E-state index contributed by atoms with van der Waals surface area (Å²) in [6.45, 7) is 0. The Hall–Kier alpha value is -8.40. The quantitative estimate of drug-likeness (QED) is 0.153. The van der Waals surface area contributed by atoms with Gasteiger partial charge in [0.1, 0.15) is 11.2 Å². The molecule has 12 rings (SSSR count). The molecular weight excluding hydrogens is 765 g/mol. The van der Waals surface area contributed by atoms with Crippen molar-refractivity contribution >= 4 is 60.8 Å². The van der Waals surface area contributed by atoms with Gasteiger partial charge in [-0.1, -0.05) is 152 Å². The number of anilines is 3. The normalized spacial score (nSPS) is 11.5. The number of aromatic nitrogens is 1. The Morgan fingerprint density at radius 1 is 0.270 bits per heavy atom. The highest BCUT2D eigenvalue weighted by Crippen LogP contribution is 2.41. The highest BCUT2D eigenvalue weighted by atomic mass is 16.3. The van der Waals surface area contributed by atoms with E-state index in [0.717, 1.165) is 61.4 Å². The Morgan fingerprint density at radius 2 is 0.635 bits per heavy atom. The minimum atomic E-state index is 0.904. The van der Waals surface area contributed by atoms with E-state index >= 15 is 0 Å². The molecule has 0 saturated heterocycles. The molecule has 0 saturated carbocycles. The number of para-hydroxylation sites is 2. The summed E-state index contributed by atoms with van der Waals surface area (Å²) < 4.78 is 8.52. The summed E-state index contributed by atoms with van der Waals surface area (Å²) in [4.78, 5) is 2.34. The number of benzene rings is 10. The van der Waals surface area contributed by atoms with Crippen LogP contribution in [0.3, 0.4) is 0 Å². The van der Waals surface area contributed by atoms with E-state index < -0.39 is 0 Å². The van der Waals surface area contributed by atoms with Crippen molar-refractivity contribution in [1.82, 2.24) is 4.57 Å². The average molecular weight is 805 g/mol. The molecule has 0 aliphatic carbocycles. The highest BCUT2D eigenvalue weighted by molar-refractivity contribution is 6.12. The maximum absolute atomic E-state index is 6.13. The maximum atomic E-state index is 6.13. The topological polar surface area (TPSA) is 21.3 Å². The number of hydrogen-bond donors (Lipinski definition) is 0. The summed E-state index contributed by atoms with van der Waals surface area (Å²) in [5, 5.41) is 4.73. The highest BCUT2D eigenvalue weighted by Gasteiger charge is 2.17. The molecule has 0 radical (unpaired) electrons. The fourth-order valence-corrected chi connectivity index (χ4v) is 9.26. The SMILES string of the molecule is c1ccc(-c2ccc(N(c3ccc(-c4ccc5oc6ccccc6c5c4)cc3)c3ccc(-c4ccc5c(c4)c4cc(-c6ccccc6)ccc4n5-c4ccccc4)cc3)cc2)cc1. The van der Waals surface area contributed by atoms with Gasteiger partial charge in [-0.05, 0) is 136 Å². The lowest BCUT2D eigenvalue weighted by Gasteiger charge is -2.26. The molecule has 0 N–H and O–H groups in total. The smallest absolute Gasteiger partial charge is 0.135 e. The fraction of sp³-hybridized carbons (Fsp3) is 0. The van der Waals surface area contributed by atoms with Crippen molar-refractivity contribution in [3.63, 3.8) is 0 Å². The van der Waals surface area contributed by atoms with E-state index in [1.807, 2.05) is 12.1 Å². The van der Waals surface area contributed by atoms with Gasteiger partial charge in [0.05, 0.1) is 11.0 Å². The van der Waals surface area contributed by atoms with Crippen molar-refractivity contribution in [2.24, 2.45) is 0 Å². The van der Waals surface area contributed by atoms with E-state index in [0.29, 0.717) is 0 Å². The summed E-state index contributed by atoms with van der Waals surface area (Å²) >= 11 is 0. The summed E-state index contributed by atoms with van der Waals surface area (Å²) in [5.41, 5.74) is 18.1. The second kappa shape index (κ2) is 15.3. The zero-order valence-electron chi connectivity index (χ0n) is 34.4. The molecule has 0 fully saturated rings. The third-order valence-corrected chi connectivity index (χ3v) is 12.4. The molecule has 0 aliphatic rings. The summed E-state index contributed by atoms with van der Waals surface area (Å²) in [6.07, 6.45) is 0. The zero-order chi connectivity index (χ0) is 41.7.